The summed E-state index contributed by atoms with van der Waals surface area (Å²) in [6, 6.07) is 6.38. The predicted octanol–water partition coefficient (Wildman–Crippen LogP) is 0.949. The second-order valence-corrected chi connectivity index (χ2v) is 3.71. The van der Waals surface area contributed by atoms with Crippen molar-refractivity contribution in [2.24, 2.45) is 0 Å². The first kappa shape index (κ1) is 11.0. The van der Waals surface area contributed by atoms with E-state index in [9.17, 15) is 5.11 Å². The Labute approximate surface area is 89.7 Å². The van der Waals surface area contributed by atoms with Crippen LogP contribution < -0.4 is 5.73 Å². The molecular weight excluding hydrogens is 248 g/mol. The summed E-state index contributed by atoms with van der Waals surface area (Å²) in [6.45, 7) is 0. The quantitative estimate of drug-likeness (QED) is 0.543. The lowest BCUT2D eigenvalue weighted by molar-refractivity contribution is 0.0533. The molecule has 0 heterocycles. The van der Waals surface area contributed by atoms with E-state index in [0.717, 1.165) is 4.47 Å². The van der Waals surface area contributed by atoms with Crippen molar-refractivity contribution in [3.05, 3.63) is 28.2 Å². The average Bonchev–Trinajstić information content (AvgIpc) is 2.15. The number of nitrogen functional groups attached to an aromatic ring is 1. The van der Waals surface area contributed by atoms with Crippen LogP contribution in [0.1, 0.15) is 11.7 Å². The molecule has 74 valence electrons. The summed E-state index contributed by atoms with van der Waals surface area (Å²) >= 11 is 3.21. The predicted molar refractivity (Wildman–Crippen MR) is 55.1 cm³/mol. The van der Waals surface area contributed by atoms with Crippen LogP contribution in [0.2, 0.25) is 0 Å². The van der Waals surface area contributed by atoms with Crippen molar-refractivity contribution in [3.63, 3.8) is 0 Å². The van der Waals surface area contributed by atoms with Crippen molar-refractivity contribution in [1.29, 1.82) is 5.26 Å². The number of rotatable bonds is 2. The highest BCUT2D eigenvalue weighted by Crippen LogP contribution is 2.25. The standard InChI is InChI=1S/C9H9BrN2O2/c10-5-1-2-6(7(12)3-5)9(14)8(13)4-11/h1-3,8-9,13-14H,12H2. The molecule has 0 spiro atoms. The molecule has 0 aliphatic heterocycles. The largest absolute Gasteiger partial charge is 0.398 e. The normalized spacial score (nSPS) is 14.4. The number of nitriles is 1. The molecule has 1 rings (SSSR count). The molecule has 1 aromatic carbocycles. The Bertz CT molecular complexity index is 376. The second-order valence-electron chi connectivity index (χ2n) is 2.79. The molecule has 2 unspecified atom stereocenters. The number of anilines is 1. The molecule has 4 nitrogen and oxygen atoms in total. The molecule has 0 aromatic heterocycles. The number of aliphatic hydroxyl groups excluding tert-OH is 2. The lowest BCUT2D eigenvalue weighted by Gasteiger charge is -2.14. The van der Waals surface area contributed by atoms with Crippen LogP contribution in [-0.4, -0.2) is 16.3 Å². The van der Waals surface area contributed by atoms with E-state index in [-0.39, 0.29) is 0 Å². The van der Waals surface area contributed by atoms with Crippen molar-refractivity contribution >= 4 is 21.6 Å². The number of nitrogens with two attached hydrogens (primary N) is 1. The van der Waals surface area contributed by atoms with Crippen LogP contribution in [-0.2, 0) is 0 Å². The smallest absolute Gasteiger partial charge is 0.170 e. The van der Waals surface area contributed by atoms with E-state index in [4.69, 9.17) is 16.1 Å². The Morgan fingerprint density at radius 1 is 1.43 bits per heavy atom. The number of aliphatic hydroxyl groups is 2. The average molecular weight is 257 g/mol. The molecule has 0 amide bonds. The van der Waals surface area contributed by atoms with Gasteiger partial charge in [0.2, 0.25) is 0 Å². The van der Waals surface area contributed by atoms with Crippen LogP contribution in [0.15, 0.2) is 22.7 Å². The Morgan fingerprint density at radius 2 is 2.07 bits per heavy atom. The third-order valence-corrected chi connectivity index (χ3v) is 2.29. The first-order valence-electron chi connectivity index (χ1n) is 3.87. The van der Waals surface area contributed by atoms with Crippen LogP contribution in [0.5, 0.6) is 0 Å². The van der Waals surface area contributed by atoms with E-state index >= 15 is 0 Å². The highest BCUT2D eigenvalue weighted by molar-refractivity contribution is 9.10. The van der Waals surface area contributed by atoms with Crippen molar-refractivity contribution in [1.82, 2.24) is 0 Å². The van der Waals surface area contributed by atoms with Gasteiger partial charge in [-0.1, -0.05) is 22.0 Å². The van der Waals surface area contributed by atoms with E-state index in [2.05, 4.69) is 15.9 Å². The van der Waals surface area contributed by atoms with E-state index < -0.39 is 12.2 Å². The van der Waals surface area contributed by atoms with Crippen molar-refractivity contribution in [2.45, 2.75) is 12.2 Å². The van der Waals surface area contributed by atoms with Gasteiger partial charge in [-0.25, -0.2) is 0 Å². The summed E-state index contributed by atoms with van der Waals surface area (Å²) in [5, 5.41) is 27.0. The molecule has 0 radical (unpaired) electrons. The Hall–Kier alpha value is -1.09. The van der Waals surface area contributed by atoms with Crippen LogP contribution in [0.3, 0.4) is 0 Å². The minimum absolute atomic E-state index is 0.334. The summed E-state index contributed by atoms with van der Waals surface area (Å²) in [4.78, 5) is 0. The lowest BCUT2D eigenvalue weighted by atomic mass is 10.0. The monoisotopic (exact) mass is 256 g/mol. The molecule has 0 fully saturated rings. The number of hydrogen-bond acceptors (Lipinski definition) is 4. The van der Waals surface area contributed by atoms with E-state index in [1.807, 2.05) is 0 Å². The molecule has 2 atom stereocenters. The fourth-order valence-corrected chi connectivity index (χ4v) is 1.43. The van der Waals surface area contributed by atoms with Crippen LogP contribution >= 0.6 is 15.9 Å². The van der Waals surface area contributed by atoms with Gasteiger partial charge in [0, 0.05) is 15.7 Å². The molecule has 0 aliphatic rings. The van der Waals surface area contributed by atoms with E-state index in [1.54, 1.807) is 24.3 Å². The Morgan fingerprint density at radius 3 is 2.57 bits per heavy atom. The molecule has 0 bridgehead atoms. The van der Waals surface area contributed by atoms with Crippen LogP contribution in [0, 0.1) is 11.3 Å². The zero-order chi connectivity index (χ0) is 10.7. The maximum Gasteiger partial charge on any atom is 0.170 e. The summed E-state index contributed by atoms with van der Waals surface area (Å²) in [7, 11) is 0. The second kappa shape index (κ2) is 4.42. The van der Waals surface area contributed by atoms with Gasteiger partial charge in [0.15, 0.2) is 6.10 Å². The fourth-order valence-electron chi connectivity index (χ4n) is 1.06. The third kappa shape index (κ3) is 2.23. The molecule has 1 aromatic rings. The molecule has 0 saturated heterocycles. The van der Waals surface area contributed by atoms with Gasteiger partial charge in [-0.05, 0) is 12.1 Å². The van der Waals surface area contributed by atoms with Gasteiger partial charge >= 0.3 is 0 Å². The number of benzene rings is 1. The molecular formula is C9H9BrN2O2. The highest BCUT2D eigenvalue weighted by Gasteiger charge is 2.19. The number of halogens is 1. The summed E-state index contributed by atoms with van der Waals surface area (Å²) < 4.78 is 0.775. The van der Waals surface area contributed by atoms with Gasteiger partial charge in [0.25, 0.3) is 0 Å². The summed E-state index contributed by atoms with van der Waals surface area (Å²) in [5.74, 6) is 0. The molecule has 5 heteroatoms. The zero-order valence-corrected chi connectivity index (χ0v) is 8.77. The SMILES string of the molecule is N#CC(O)C(O)c1ccc(Br)cc1N. The maximum atomic E-state index is 9.49. The first-order valence-corrected chi connectivity index (χ1v) is 4.66. The fraction of sp³-hybridized carbons (Fsp3) is 0.222. The summed E-state index contributed by atoms with van der Waals surface area (Å²) in [6.07, 6.45) is -2.73. The highest BCUT2D eigenvalue weighted by atomic mass is 79.9. The minimum atomic E-state index is -1.46. The van der Waals surface area contributed by atoms with Crippen LogP contribution in [0.25, 0.3) is 0 Å². The minimum Gasteiger partial charge on any atom is -0.398 e. The lowest BCUT2D eigenvalue weighted by Crippen LogP contribution is -2.17. The van der Waals surface area contributed by atoms with Gasteiger partial charge in [0.1, 0.15) is 6.10 Å². The third-order valence-electron chi connectivity index (χ3n) is 1.80. The number of nitrogens with zero attached hydrogens (tertiary/aromatic N) is 1. The van der Waals surface area contributed by atoms with E-state index in [1.165, 1.54) is 0 Å². The van der Waals surface area contributed by atoms with E-state index in [0.29, 0.717) is 11.3 Å². The van der Waals surface area contributed by atoms with Gasteiger partial charge < -0.3 is 15.9 Å². The first-order chi connectivity index (χ1) is 6.56. The van der Waals surface area contributed by atoms with Gasteiger partial charge in [-0.15, -0.1) is 0 Å². The molecule has 0 saturated carbocycles. The van der Waals surface area contributed by atoms with Crippen LogP contribution in [0.4, 0.5) is 5.69 Å². The van der Waals surface area contributed by atoms with Gasteiger partial charge in [0.05, 0.1) is 6.07 Å². The Balaban J connectivity index is 3.03. The summed E-state index contributed by atoms with van der Waals surface area (Å²) in [5.41, 5.74) is 6.29. The molecule has 4 N–H and O–H groups in total. The number of hydrogen-bond donors (Lipinski definition) is 3. The van der Waals surface area contributed by atoms with Crippen molar-refractivity contribution in [3.8, 4) is 6.07 Å². The topological polar surface area (TPSA) is 90.3 Å². The Kier molecular flexibility index (Phi) is 3.47. The molecule has 14 heavy (non-hydrogen) atoms. The van der Waals surface area contributed by atoms with Gasteiger partial charge in [-0.2, -0.15) is 5.26 Å². The maximum absolute atomic E-state index is 9.49. The van der Waals surface area contributed by atoms with Crippen molar-refractivity contribution in [2.75, 3.05) is 5.73 Å². The zero-order valence-electron chi connectivity index (χ0n) is 7.18. The molecule has 0 aliphatic carbocycles. The van der Waals surface area contributed by atoms with Crippen molar-refractivity contribution < 1.29 is 10.2 Å². The van der Waals surface area contributed by atoms with Gasteiger partial charge in [-0.3, -0.25) is 0 Å².